The number of morpholine rings is 1. The average molecular weight is 270 g/mol. The van der Waals surface area contributed by atoms with Gasteiger partial charge in [0.15, 0.2) is 0 Å². The fourth-order valence-corrected chi connectivity index (χ4v) is 2.04. The summed E-state index contributed by atoms with van der Waals surface area (Å²) >= 11 is 0. The number of rotatable bonds is 5. The highest BCUT2D eigenvalue weighted by Gasteiger charge is 2.29. The van der Waals surface area contributed by atoms with E-state index in [1.54, 1.807) is 15.9 Å². The fraction of sp³-hybridized carbons (Fsp3) is 0.692. The molecule has 19 heavy (non-hydrogen) atoms. The minimum Gasteiger partial charge on any atom is -0.481 e. The second kappa shape index (κ2) is 7.13. The number of amides is 2. The molecule has 1 unspecified atom stereocenters. The smallest absolute Gasteiger partial charge is 0.320 e. The number of nitrogens with zero attached hydrogens (tertiary/aromatic N) is 2. The van der Waals surface area contributed by atoms with E-state index in [4.69, 9.17) is 9.84 Å². The van der Waals surface area contributed by atoms with Crippen LogP contribution < -0.4 is 0 Å². The van der Waals surface area contributed by atoms with E-state index in [9.17, 15) is 9.59 Å². The van der Waals surface area contributed by atoms with Gasteiger partial charge in [0.2, 0.25) is 0 Å². The number of aliphatic carboxylic acids is 1. The molecule has 1 aliphatic heterocycles. The minimum absolute atomic E-state index is 0.0752. The van der Waals surface area contributed by atoms with Crippen molar-refractivity contribution in [3.63, 3.8) is 0 Å². The molecule has 1 atom stereocenters. The summed E-state index contributed by atoms with van der Waals surface area (Å²) in [5.74, 6) is -0.911. The molecule has 1 rings (SSSR count). The largest absolute Gasteiger partial charge is 0.481 e. The third-order valence-corrected chi connectivity index (χ3v) is 3.01. The quantitative estimate of drug-likeness (QED) is 0.762. The first kappa shape index (κ1) is 15.5. The second-order valence-electron chi connectivity index (χ2n) is 4.85. The van der Waals surface area contributed by atoms with Crippen LogP contribution in [0.15, 0.2) is 12.7 Å². The number of hydrogen-bond donors (Lipinski definition) is 1. The zero-order chi connectivity index (χ0) is 14.4. The van der Waals surface area contributed by atoms with Crippen LogP contribution in [0.5, 0.6) is 0 Å². The highest BCUT2D eigenvalue weighted by atomic mass is 16.5. The molecular weight excluding hydrogens is 248 g/mol. The molecule has 0 aromatic heterocycles. The zero-order valence-corrected chi connectivity index (χ0v) is 11.5. The van der Waals surface area contributed by atoms with Crippen molar-refractivity contribution in [2.75, 3.05) is 26.2 Å². The Morgan fingerprint density at radius 2 is 2.26 bits per heavy atom. The van der Waals surface area contributed by atoms with E-state index in [0.717, 1.165) is 0 Å². The summed E-state index contributed by atoms with van der Waals surface area (Å²) in [6.07, 6.45) is 1.19. The number of carbonyl (C=O) groups excluding carboxylic acids is 1. The van der Waals surface area contributed by atoms with Gasteiger partial charge in [0.1, 0.15) is 0 Å². The van der Waals surface area contributed by atoms with Gasteiger partial charge in [-0.1, -0.05) is 6.08 Å². The summed E-state index contributed by atoms with van der Waals surface area (Å²) in [5.41, 5.74) is 0. The Morgan fingerprint density at radius 1 is 1.58 bits per heavy atom. The Hall–Kier alpha value is -1.56. The second-order valence-corrected chi connectivity index (χ2v) is 4.85. The molecule has 0 spiro atoms. The maximum atomic E-state index is 12.4. The van der Waals surface area contributed by atoms with Crippen molar-refractivity contribution in [1.29, 1.82) is 0 Å². The van der Waals surface area contributed by atoms with Gasteiger partial charge in [-0.25, -0.2) is 4.79 Å². The van der Waals surface area contributed by atoms with Crippen LogP contribution in [0, 0.1) is 0 Å². The van der Waals surface area contributed by atoms with E-state index >= 15 is 0 Å². The van der Waals surface area contributed by atoms with Gasteiger partial charge in [0.05, 0.1) is 19.1 Å². The molecule has 1 fully saturated rings. The molecule has 1 N–H and O–H groups in total. The first-order chi connectivity index (χ1) is 8.95. The highest BCUT2D eigenvalue weighted by molar-refractivity contribution is 5.75. The highest BCUT2D eigenvalue weighted by Crippen LogP contribution is 2.12. The minimum atomic E-state index is -0.911. The van der Waals surface area contributed by atoms with Crippen molar-refractivity contribution in [2.24, 2.45) is 0 Å². The van der Waals surface area contributed by atoms with Gasteiger partial charge >= 0.3 is 12.0 Å². The normalized spacial score (nSPS) is 19.3. The SMILES string of the molecule is C=CCN(C(=O)N1CCOC(CC(=O)O)C1)C(C)C. The van der Waals surface area contributed by atoms with E-state index in [0.29, 0.717) is 26.2 Å². The Labute approximate surface area is 113 Å². The Balaban J connectivity index is 2.64. The molecular formula is C13H22N2O4. The summed E-state index contributed by atoms with van der Waals surface area (Å²) in [7, 11) is 0. The van der Waals surface area contributed by atoms with E-state index < -0.39 is 12.1 Å². The Morgan fingerprint density at radius 3 is 2.79 bits per heavy atom. The summed E-state index contributed by atoms with van der Waals surface area (Å²) in [4.78, 5) is 26.4. The molecule has 0 aromatic rings. The van der Waals surface area contributed by atoms with E-state index in [1.165, 1.54) is 0 Å². The molecule has 6 nitrogen and oxygen atoms in total. The topological polar surface area (TPSA) is 70.1 Å². The lowest BCUT2D eigenvalue weighted by molar-refractivity contribution is -0.141. The van der Waals surface area contributed by atoms with Gasteiger partial charge < -0.3 is 19.6 Å². The fourth-order valence-electron chi connectivity index (χ4n) is 2.04. The number of ether oxygens (including phenoxy) is 1. The van der Waals surface area contributed by atoms with E-state index in [1.807, 2.05) is 13.8 Å². The van der Waals surface area contributed by atoms with Crippen molar-refractivity contribution < 1.29 is 19.4 Å². The lowest BCUT2D eigenvalue weighted by Crippen LogP contribution is -2.53. The molecule has 2 amide bonds. The molecule has 6 heteroatoms. The molecule has 1 aliphatic rings. The number of carboxylic acids is 1. The summed E-state index contributed by atoms with van der Waals surface area (Å²) in [6.45, 7) is 9.21. The maximum absolute atomic E-state index is 12.4. The number of carboxylic acid groups (broad SMARTS) is 1. The predicted molar refractivity (Wildman–Crippen MR) is 71.0 cm³/mol. The van der Waals surface area contributed by atoms with Crippen LogP contribution in [0.25, 0.3) is 0 Å². The maximum Gasteiger partial charge on any atom is 0.320 e. The van der Waals surface area contributed by atoms with Crippen LogP contribution in [0.2, 0.25) is 0 Å². The Bertz CT molecular complexity index is 344. The third kappa shape index (κ3) is 4.55. The third-order valence-electron chi connectivity index (χ3n) is 3.01. The number of carbonyl (C=O) groups is 2. The summed E-state index contributed by atoms with van der Waals surface area (Å²) in [5, 5.41) is 8.77. The van der Waals surface area contributed by atoms with Crippen molar-refractivity contribution in [1.82, 2.24) is 9.80 Å². The van der Waals surface area contributed by atoms with Gasteiger partial charge in [-0.15, -0.1) is 6.58 Å². The zero-order valence-electron chi connectivity index (χ0n) is 11.5. The van der Waals surface area contributed by atoms with Crippen molar-refractivity contribution in [2.45, 2.75) is 32.4 Å². The molecule has 1 saturated heterocycles. The molecule has 0 radical (unpaired) electrons. The van der Waals surface area contributed by atoms with Gasteiger partial charge in [-0.05, 0) is 13.8 Å². The average Bonchev–Trinajstić information content (AvgIpc) is 2.34. The standard InChI is InChI=1S/C13H22N2O4/c1-4-5-15(10(2)3)13(18)14-6-7-19-11(9-14)8-12(16)17/h4,10-11H,1,5-9H2,2-3H3,(H,16,17). The lowest BCUT2D eigenvalue weighted by Gasteiger charge is -2.37. The van der Waals surface area contributed by atoms with Crippen molar-refractivity contribution in [3.05, 3.63) is 12.7 Å². The summed E-state index contributed by atoms with van der Waals surface area (Å²) in [6, 6.07) is -0.0140. The molecule has 108 valence electrons. The first-order valence-corrected chi connectivity index (χ1v) is 6.45. The summed E-state index contributed by atoms with van der Waals surface area (Å²) < 4.78 is 5.36. The molecule has 1 heterocycles. The molecule has 0 aliphatic carbocycles. The first-order valence-electron chi connectivity index (χ1n) is 6.45. The molecule has 0 bridgehead atoms. The van der Waals surface area contributed by atoms with Gasteiger partial charge in [0, 0.05) is 25.7 Å². The van der Waals surface area contributed by atoms with Crippen LogP contribution in [-0.2, 0) is 9.53 Å². The monoisotopic (exact) mass is 270 g/mol. The number of hydrogen-bond acceptors (Lipinski definition) is 3. The molecule has 0 saturated carbocycles. The van der Waals surface area contributed by atoms with Gasteiger partial charge in [-0.3, -0.25) is 4.79 Å². The lowest BCUT2D eigenvalue weighted by atomic mass is 10.2. The predicted octanol–water partition coefficient (Wildman–Crippen LogP) is 1.18. The van der Waals surface area contributed by atoms with Crippen molar-refractivity contribution >= 4 is 12.0 Å². The van der Waals surface area contributed by atoms with E-state index in [2.05, 4.69) is 6.58 Å². The van der Waals surface area contributed by atoms with E-state index in [-0.39, 0.29) is 18.5 Å². The van der Waals surface area contributed by atoms with Crippen LogP contribution in [0.3, 0.4) is 0 Å². The van der Waals surface area contributed by atoms with Crippen molar-refractivity contribution in [3.8, 4) is 0 Å². The van der Waals surface area contributed by atoms with Gasteiger partial charge in [-0.2, -0.15) is 0 Å². The van der Waals surface area contributed by atoms with Gasteiger partial charge in [0.25, 0.3) is 0 Å². The van der Waals surface area contributed by atoms with Crippen LogP contribution >= 0.6 is 0 Å². The van der Waals surface area contributed by atoms with Crippen LogP contribution in [-0.4, -0.2) is 65.3 Å². The van der Waals surface area contributed by atoms with Crippen LogP contribution in [0.1, 0.15) is 20.3 Å². The van der Waals surface area contributed by atoms with Crippen LogP contribution in [0.4, 0.5) is 4.79 Å². The molecule has 0 aromatic carbocycles. The Kier molecular flexibility index (Phi) is 5.82. The number of urea groups is 1.